The number of fused-ring (bicyclic) bond motifs is 1. The zero-order valence-corrected chi connectivity index (χ0v) is 16.8. The molecule has 0 aliphatic rings. The normalized spacial score (nSPS) is 11.2. The predicted molar refractivity (Wildman–Crippen MR) is 97.6 cm³/mol. The van der Waals surface area contributed by atoms with Crippen LogP contribution < -0.4 is 5.32 Å². The second-order valence-electron chi connectivity index (χ2n) is 4.29. The third-order valence-corrected chi connectivity index (χ3v) is 7.68. The van der Waals surface area contributed by atoms with Gasteiger partial charge in [0.2, 0.25) is 5.95 Å². The standard InChI is InChI=1S/C12H9Br4N5/c13-6-7(14)9(16)11-10(8(6)15)19-12(20-11)18-2-4-21-3-1-17-5-21/h1,3,5H,2,4H2,(H2,18,19,20). The lowest BCUT2D eigenvalue weighted by Crippen LogP contribution is -2.09. The quantitative estimate of drug-likeness (QED) is 0.363. The Balaban J connectivity index is 1.84. The van der Waals surface area contributed by atoms with Gasteiger partial charge < -0.3 is 14.9 Å². The van der Waals surface area contributed by atoms with Crippen molar-refractivity contribution in [1.29, 1.82) is 0 Å². The van der Waals surface area contributed by atoms with Crippen molar-refractivity contribution < 1.29 is 0 Å². The van der Waals surface area contributed by atoms with E-state index in [0.717, 1.165) is 48.0 Å². The lowest BCUT2D eigenvalue weighted by molar-refractivity contribution is 0.724. The molecule has 0 bridgehead atoms. The zero-order valence-electron chi connectivity index (χ0n) is 10.5. The summed E-state index contributed by atoms with van der Waals surface area (Å²) in [6.07, 6.45) is 5.49. The number of halogens is 4. The van der Waals surface area contributed by atoms with Crippen LogP contribution in [-0.2, 0) is 6.54 Å². The molecule has 5 nitrogen and oxygen atoms in total. The van der Waals surface area contributed by atoms with Crippen molar-refractivity contribution in [3.8, 4) is 0 Å². The van der Waals surface area contributed by atoms with E-state index in [1.54, 1.807) is 12.5 Å². The van der Waals surface area contributed by atoms with Crippen molar-refractivity contribution in [2.45, 2.75) is 6.54 Å². The molecule has 0 amide bonds. The summed E-state index contributed by atoms with van der Waals surface area (Å²) in [4.78, 5) is 11.9. The van der Waals surface area contributed by atoms with Crippen LogP contribution in [0.2, 0.25) is 0 Å². The Labute approximate surface area is 154 Å². The number of hydrogen-bond donors (Lipinski definition) is 2. The van der Waals surface area contributed by atoms with E-state index in [-0.39, 0.29) is 0 Å². The number of anilines is 1. The van der Waals surface area contributed by atoms with Crippen molar-refractivity contribution in [3.63, 3.8) is 0 Å². The van der Waals surface area contributed by atoms with Crippen LogP contribution in [-0.4, -0.2) is 26.1 Å². The number of nitrogens with one attached hydrogen (secondary N) is 2. The van der Waals surface area contributed by atoms with E-state index in [1.807, 2.05) is 10.8 Å². The molecule has 2 heterocycles. The Hall–Kier alpha value is -0.380. The van der Waals surface area contributed by atoms with E-state index in [0.29, 0.717) is 0 Å². The van der Waals surface area contributed by atoms with Gasteiger partial charge in [-0.3, -0.25) is 0 Å². The summed E-state index contributed by atoms with van der Waals surface area (Å²) in [7, 11) is 0. The van der Waals surface area contributed by atoms with E-state index in [4.69, 9.17) is 0 Å². The van der Waals surface area contributed by atoms with Gasteiger partial charge in [-0.05, 0) is 63.7 Å². The van der Waals surface area contributed by atoms with Crippen LogP contribution in [0.1, 0.15) is 0 Å². The fourth-order valence-electron chi connectivity index (χ4n) is 1.90. The highest BCUT2D eigenvalue weighted by Crippen LogP contribution is 2.42. The second-order valence-corrected chi connectivity index (χ2v) is 7.46. The third-order valence-electron chi connectivity index (χ3n) is 2.93. The van der Waals surface area contributed by atoms with E-state index in [2.05, 4.69) is 84.0 Å². The van der Waals surface area contributed by atoms with Crippen LogP contribution in [0.5, 0.6) is 0 Å². The van der Waals surface area contributed by atoms with Gasteiger partial charge >= 0.3 is 0 Å². The van der Waals surface area contributed by atoms with Crippen LogP contribution in [0.4, 0.5) is 5.95 Å². The maximum atomic E-state index is 4.57. The monoisotopic (exact) mass is 539 g/mol. The average Bonchev–Trinajstić information content (AvgIpc) is 3.12. The molecular formula is C12H9Br4N5. The predicted octanol–water partition coefficient (Wildman–Crippen LogP) is 4.92. The van der Waals surface area contributed by atoms with Crippen LogP contribution in [0, 0.1) is 0 Å². The number of aromatic nitrogens is 4. The number of benzene rings is 1. The lowest BCUT2D eigenvalue weighted by atomic mass is 10.3. The van der Waals surface area contributed by atoms with Crippen molar-refractivity contribution in [3.05, 3.63) is 36.6 Å². The van der Waals surface area contributed by atoms with Gasteiger partial charge in [0, 0.05) is 34.4 Å². The molecule has 0 aliphatic carbocycles. The molecule has 3 rings (SSSR count). The Morgan fingerprint density at radius 1 is 1.10 bits per heavy atom. The number of H-pyrrole nitrogens is 1. The van der Waals surface area contributed by atoms with E-state index < -0.39 is 0 Å². The molecule has 21 heavy (non-hydrogen) atoms. The first-order valence-electron chi connectivity index (χ1n) is 5.99. The topological polar surface area (TPSA) is 58.5 Å². The highest BCUT2D eigenvalue weighted by atomic mass is 79.9. The largest absolute Gasteiger partial charge is 0.354 e. The van der Waals surface area contributed by atoms with Gasteiger partial charge in [0.15, 0.2) is 0 Å². The molecule has 2 N–H and O–H groups in total. The first kappa shape index (κ1) is 15.5. The molecule has 0 radical (unpaired) electrons. The van der Waals surface area contributed by atoms with Crippen LogP contribution in [0.25, 0.3) is 11.0 Å². The number of nitrogens with zero attached hydrogens (tertiary/aromatic N) is 3. The third kappa shape index (κ3) is 3.06. The van der Waals surface area contributed by atoms with Gasteiger partial charge in [-0.1, -0.05) is 0 Å². The molecule has 2 aromatic heterocycles. The van der Waals surface area contributed by atoms with Crippen molar-refractivity contribution in [2.24, 2.45) is 0 Å². The van der Waals surface area contributed by atoms with Gasteiger partial charge in [-0.2, -0.15) is 0 Å². The SMILES string of the molecule is Brc1c(Br)c(Br)c2[nH]c(NCCn3ccnc3)nc2c1Br. The summed E-state index contributed by atoms with van der Waals surface area (Å²) >= 11 is 14.2. The molecule has 1 aromatic carbocycles. The van der Waals surface area contributed by atoms with Crippen LogP contribution >= 0.6 is 63.7 Å². The summed E-state index contributed by atoms with van der Waals surface area (Å²) in [5, 5.41) is 3.28. The molecule has 9 heteroatoms. The molecule has 0 spiro atoms. The van der Waals surface area contributed by atoms with E-state index in [1.165, 1.54) is 0 Å². The average molecular weight is 543 g/mol. The molecule has 110 valence electrons. The van der Waals surface area contributed by atoms with Crippen LogP contribution in [0.3, 0.4) is 0 Å². The molecule has 0 fully saturated rings. The summed E-state index contributed by atoms with van der Waals surface area (Å²) in [6.45, 7) is 1.58. The lowest BCUT2D eigenvalue weighted by Gasteiger charge is -2.03. The molecule has 0 atom stereocenters. The minimum Gasteiger partial charge on any atom is -0.354 e. The number of rotatable bonds is 4. The van der Waals surface area contributed by atoms with Crippen LogP contribution in [0.15, 0.2) is 36.6 Å². The number of imidazole rings is 2. The summed E-state index contributed by atoms with van der Waals surface area (Å²) < 4.78 is 5.72. The van der Waals surface area contributed by atoms with Crippen molar-refractivity contribution in [1.82, 2.24) is 19.5 Å². The Morgan fingerprint density at radius 2 is 1.86 bits per heavy atom. The maximum Gasteiger partial charge on any atom is 0.201 e. The second kappa shape index (κ2) is 6.39. The zero-order chi connectivity index (χ0) is 15.0. The van der Waals surface area contributed by atoms with E-state index in [9.17, 15) is 0 Å². The number of hydrogen-bond acceptors (Lipinski definition) is 3. The molecule has 3 aromatic rings. The Kier molecular flexibility index (Phi) is 4.72. The minimum atomic E-state index is 0.733. The summed E-state index contributed by atoms with van der Waals surface area (Å²) in [5.74, 6) is 0.733. The van der Waals surface area contributed by atoms with Gasteiger partial charge in [-0.25, -0.2) is 9.97 Å². The Bertz CT molecular complexity index is 736. The van der Waals surface area contributed by atoms with Gasteiger partial charge in [0.25, 0.3) is 0 Å². The van der Waals surface area contributed by atoms with Gasteiger partial charge in [-0.15, -0.1) is 0 Å². The molecular weight excluding hydrogens is 534 g/mol. The first-order valence-corrected chi connectivity index (χ1v) is 9.16. The molecule has 0 saturated heterocycles. The summed E-state index contributed by atoms with van der Waals surface area (Å²) in [5.41, 5.74) is 1.80. The van der Waals surface area contributed by atoms with Gasteiger partial charge in [0.05, 0.1) is 20.8 Å². The molecule has 0 aliphatic heterocycles. The smallest absolute Gasteiger partial charge is 0.201 e. The highest BCUT2D eigenvalue weighted by Gasteiger charge is 2.17. The Morgan fingerprint density at radius 3 is 2.57 bits per heavy atom. The molecule has 0 saturated carbocycles. The summed E-state index contributed by atoms with van der Waals surface area (Å²) in [6, 6.07) is 0. The number of aromatic amines is 1. The fourth-order valence-corrected chi connectivity index (χ4v) is 4.19. The van der Waals surface area contributed by atoms with Gasteiger partial charge in [0.1, 0.15) is 5.52 Å². The first-order chi connectivity index (χ1) is 10.1. The fraction of sp³-hybridized carbons (Fsp3) is 0.167. The van der Waals surface area contributed by atoms with E-state index >= 15 is 0 Å². The van der Waals surface area contributed by atoms with Crippen molar-refractivity contribution >= 4 is 80.7 Å². The minimum absolute atomic E-state index is 0.733. The molecule has 0 unspecified atom stereocenters. The highest BCUT2D eigenvalue weighted by molar-refractivity contribution is 9.15. The van der Waals surface area contributed by atoms with Crippen molar-refractivity contribution in [2.75, 3.05) is 11.9 Å². The maximum absolute atomic E-state index is 4.57.